The first kappa shape index (κ1) is 21.9. The van der Waals surface area contributed by atoms with E-state index in [4.69, 9.17) is 9.47 Å². The summed E-state index contributed by atoms with van der Waals surface area (Å²) in [6.45, 7) is 1.28. The quantitative estimate of drug-likeness (QED) is 0.600. The Balaban J connectivity index is 1.79. The molecule has 0 saturated carbocycles. The van der Waals surface area contributed by atoms with Gasteiger partial charge in [0.1, 0.15) is 12.3 Å². The first-order chi connectivity index (χ1) is 14.0. The number of hydrogen-bond donors (Lipinski definition) is 2. The number of nitrogens with one attached hydrogen (secondary N) is 2. The van der Waals surface area contributed by atoms with Crippen molar-refractivity contribution in [3.63, 3.8) is 0 Å². The number of para-hydroxylation sites is 1. The van der Waals surface area contributed by atoms with Crippen LogP contribution in [-0.4, -0.2) is 38.0 Å². The zero-order valence-corrected chi connectivity index (χ0v) is 16.6. The summed E-state index contributed by atoms with van der Waals surface area (Å²) in [5, 5.41) is 5.33. The smallest absolute Gasteiger partial charge is 0.325 e. The Bertz CT molecular complexity index is 823. The Morgan fingerprint density at radius 1 is 1.00 bits per heavy atom. The number of rotatable bonds is 10. The van der Waals surface area contributed by atoms with E-state index in [9.17, 15) is 14.4 Å². The molecule has 2 rings (SSSR count). The lowest BCUT2D eigenvalue weighted by atomic mass is 10.0. The second kappa shape index (κ2) is 11.5. The topological polar surface area (TPSA) is 93.7 Å². The Labute approximate surface area is 170 Å². The number of ether oxygens (including phenoxy) is 2. The van der Waals surface area contributed by atoms with Gasteiger partial charge in [0.25, 0.3) is 11.8 Å². The van der Waals surface area contributed by atoms with Gasteiger partial charge in [0.2, 0.25) is 0 Å². The minimum Gasteiger partial charge on any atom is -0.496 e. The van der Waals surface area contributed by atoms with E-state index in [1.165, 1.54) is 7.11 Å². The number of amides is 2. The van der Waals surface area contributed by atoms with Crippen LogP contribution in [-0.2, 0) is 14.3 Å². The zero-order valence-electron chi connectivity index (χ0n) is 16.6. The summed E-state index contributed by atoms with van der Waals surface area (Å²) in [6.07, 6.45) is 1.67. The van der Waals surface area contributed by atoms with Crippen LogP contribution in [0.25, 0.3) is 0 Å². The zero-order chi connectivity index (χ0) is 21.1. The van der Waals surface area contributed by atoms with Gasteiger partial charge in [-0.15, -0.1) is 0 Å². The molecule has 0 radical (unpaired) electrons. The lowest BCUT2D eigenvalue weighted by Crippen LogP contribution is -2.35. The van der Waals surface area contributed by atoms with E-state index >= 15 is 0 Å². The minimum atomic E-state index is -0.699. The molecule has 7 nitrogen and oxygen atoms in total. The van der Waals surface area contributed by atoms with Crippen LogP contribution in [0.1, 0.15) is 41.7 Å². The summed E-state index contributed by atoms with van der Waals surface area (Å²) in [5.74, 6) is -1.15. The predicted molar refractivity (Wildman–Crippen MR) is 109 cm³/mol. The Morgan fingerprint density at radius 3 is 2.38 bits per heavy atom. The highest BCUT2D eigenvalue weighted by molar-refractivity contribution is 5.98. The number of hydrogen-bond acceptors (Lipinski definition) is 5. The molecule has 2 aromatic carbocycles. The van der Waals surface area contributed by atoms with E-state index in [2.05, 4.69) is 10.6 Å². The SMILES string of the molecule is CCC[C@H](NC(=O)COC(=O)CNC(=O)c1ccccc1OC)c1ccccc1. The summed E-state index contributed by atoms with van der Waals surface area (Å²) in [7, 11) is 1.46. The van der Waals surface area contributed by atoms with Crippen LogP contribution in [0.5, 0.6) is 5.75 Å². The number of benzene rings is 2. The molecule has 0 bridgehead atoms. The van der Waals surface area contributed by atoms with Gasteiger partial charge in [-0.2, -0.15) is 0 Å². The van der Waals surface area contributed by atoms with E-state index in [1.807, 2.05) is 37.3 Å². The van der Waals surface area contributed by atoms with Crippen LogP contribution >= 0.6 is 0 Å². The highest BCUT2D eigenvalue weighted by Crippen LogP contribution is 2.18. The predicted octanol–water partition coefficient (Wildman–Crippen LogP) is 2.63. The van der Waals surface area contributed by atoms with E-state index in [-0.39, 0.29) is 12.6 Å². The molecule has 154 valence electrons. The molecular weight excluding hydrogens is 372 g/mol. The molecule has 0 fully saturated rings. The van der Waals surface area contributed by atoms with Crippen molar-refractivity contribution in [2.24, 2.45) is 0 Å². The van der Waals surface area contributed by atoms with Crippen molar-refractivity contribution in [2.75, 3.05) is 20.3 Å². The van der Waals surface area contributed by atoms with Gasteiger partial charge >= 0.3 is 5.97 Å². The van der Waals surface area contributed by atoms with Gasteiger partial charge in [0, 0.05) is 0 Å². The highest BCUT2D eigenvalue weighted by Gasteiger charge is 2.16. The monoisotopic (exact) mass is 398 g/mol. The molecule has 0 saturated heterocycles. The van der Waals surface area contributed by atoms with Crippen LogP contribution in [0.4, 0.5) is 0 Å². The summed E-state index contributed by atoms with van der Waals surface area (Å²) < 4.78 is 10.1. The van der Waals surface area contributed by atoms with E-state index in [0.717, 1.165) is 18.4 Å². The number of esters is 1. The van der Waals surface area contributed by atoms with Crippen LogP contribution in [0.15, 0.2) is 54.6 Å². The van der Waals surface area contributed by atoms with Crippen LogP contribution in [0.2, 0.25) is 0 Å². The molecule has 0 spiro atoms. The largest absolute Gasteiger partial charge is 0.496 e. The molecule has 0 aliphatic rings. The Kier molecular flexibility index (Phi) is 8.69. The Morgan fingerprint density at radius 2 is 1.69 bits per heavy atom. The molecular formula is C22H26N2O5. The maximum absolute atomic E-state index is 12.2. The van der Waals surface area contributed by atoms with Crippen LogP contribution in [0, 0.1) is 0 Å². The second-order valence-corrected chi connectivity index (χ2v) is 6.36. The van der Waals surface area contributed by atoms with Crippen molar-refractivity contribution in [1.82, 2.24) is 10.6 Å². The van der Waals surface area contributed by atoms with Crippen molar-refractivity contribution in [1.29, 1.82) is 0 Å². The fraction of sp³-hybridized carbons (Fsp3) is 0.318. The van der Waals surface area contributed by atoms with Gasteiger partial charge in [-0.3, -0.25) is 14.4 Å². The fourth-order valence-corrected chi connectivity index (χ4v) is 2.81. The number of carbonyl (C=O) groups is 3. The summed E-state index contributed by atoms with van der Waals surface area (Å²) in [5.41, 5.74) is 1.31. The van der Waals surface area contributed by atoms with Gasteiger partial charge in [0.05, 0.1) is 18.7 Å². The van der Waals surface area contributed by atoms with Crippen molar-refractivity contribution in [3.8, 4) is 5.75 Å². The van der Waals surface area contributed by atoms with Crippen LogP contribution in [0.3, 0.4) is 0 Å². The van der Waals surface area contributed by atoms with Crippen molar-refractivity contribution >= 4 is 17.8 Å². The maximum Gasteiger partial charge on any atom is 0.325 e. The number of carbonyl (C=O) groups excluding carboxylic acids is 3. The minimum absolute atomic E-state index is 0.141. The van der Waals surface area contributed by atoms with Crippen molar-refractivity contribution in [3.05, 3.63) is 65.7 Å². The summed E-state index contributed by atoms with van der Waals surface area (Å²) in [6, 6.07) is 16.2. The molecule has 0 aliphatic carbocycles. The molecule has 0 aromatic heterocycles. The lowest BCUT2D eigenvalue weighted by molar-refractivity contribution is -0.147. The van der Waals surface area contributed by atoms with Gasteiger partial charge < -0.3 is 20.1 Å². The molecule has 2 N–H and O–H groups in total. The molecule has 0 unspecified atom stereocenters. The second-order valence-electron chi connectivity index (χ2n) is 6.36. The van der Waals surface area contributed by atoms with Gasteiger partial charge in [-0.25, -0.2) is 0 Å². The van der Waals surface area contributed by atoms with E-state index in [1.54, 1.807) is 24.3 Å². The first-order valence-corrected chi connectivity index (χ1v) is 9.46. The average molecular weight is 398 g/mol. The normalized spacial score (nSPS) is 11.2. The number of methoxy groups -OCH3 is 1. The highest BCUT2D eigenvalue weighted by atomic mass is 16.5. The molecule has 2 amide bonds. The van der Waals surface area contributed by atoms with Gasteiger partial charge in [0.15, 0.2) is 6.61 Å². The van der Waals surface area contributed by atoms with Crippen LogP contribution < -0.4 is 15.4 Å². The molecule has 0 heterocycles. The van der Waals surface area contributed by atoms with Gasteiger partial charge in [-0.1, -0.05) is 55.8 Å². The standard InChI is InChI=1S/C22H26N2O5/c1-3-9-18(16-10-5-4-6-11-16)24-20(25)15-29-21(26)14-23-22(27)17-12-7-8-13-19(17)28-2/h4-8,10-13,18H,3,9,14-15H2,1-2H3,(H,23,27)(H,24,25)/t18-/m0/s1. The molecule has 1 atom stereocenters. The molecule has 29 heavy (non-hydrogen) atoms. The summed E-state index contributed by atoms with van der Waals surface area (Å²) >= 11 is 0. The third-order valence-corrected chi connectivity index (χ3v) is 4.22. The maximum atomic E-state index is 12.2. The fourth-order valence-electron chi connectivity index (χ4n) is 2.81. The Hall–Kier alpha value is -3.35. The average Bonchev–Trinajstić information content (AvgIpc) is 2.76. The lowest BCUT2D eigenvalue weighted by Gasteiger charge is -2.18. The first-order valence-electron chi connectivity index (χ1n) is 9.46. The molecule has 0 aliphatic heterocycles. The third-order valence-electron chi connectivity index (χ3n) is 4.22. The third kappa shape index (κ3) is 6.95. The van der Waals surface area contributed by atoms with Crippen molar-refractivity contribution in [2.45, 2.75) is 25.8 Å². The molecule has 2 aromatic rings. The van der Waals surface area contributed by atoms with E-state index < -0.39 is 24.4 Å². The van der Waals surface area contributed by atoms with Gasteiger partial charge in [-0.05, 0) is 24.1 Å². The van der Waals surface area contributed by atoms with E-state index in [0.29, 0.717) is 11.3 Å². The summed E-state index contributed by atoms with van der Waals surface area (Å²) in [4.78, 5) is 36.2. The van der Waals surface area contributed by atoms with Crippen molar-refractivity contribution < 1.29 is 23.9 Å². The molecule has 7 heteroatoms.